The summed E-state index contributed by atoms with van der Waals surface area (Å²) in [5, 5.41) is 10.8. The third kappa shape index (κ3) is 3.46. The summed E-state index contributed by atoms with van der Waals surface area (Å²) in [7, 11) is 2.14. The number of nitrogen functional groups attached to an aromatic ring is 1. The molecule has 1 aromatic carbocycles. The van der Waals surface area contributed by atoms with Crippen LogP contribution in [0.2, 0.25) is 0 Å². The van der Waals surface area contributed by atoms with Crippen LogP contribution in [0.4, 0.5) is 11.4 Å². The van der Waals surface area contributed by atoms with E-state index in [-0.39, 0.29) is 11.4 Å². The summed E-state index contributed by atoms with van der Waals surface area (Å²) in [5.41, 5.74) is 7.00. The van der Waals surface area contributed by atoms with Gasteiger partial charge in [0.05, 0.1) is 4.92 Å². The van der Waals surface area contributed by atoms with Crippen LogP contribution < -0.4 is 5.73 Å². The van der Waals surface area contributed by atoms with Gasteiger partial charge in [0.25, 0.3) is 5.69 Å². The number of nitrogens with zero attached hydrogens (tertiary/aromatic N) is 3. The second-order valence-electron chi connectivity index (χ2n) is 5.59. The molecule has 2 N–H and O–H groups in total. The maximum atomic E-state index is 10.8. The topological polar surface area (TPSA) is 75.6 Å². The molecule has 6 nitrogen and oxygen atoms in total. The van der Waals surface area contributed by atoms with Crippen LogP contribution in [0.3, 0.4) is 0 Å². The maximum absolute atomic E-state index is 10.8. The van der Waals surface area contributed by atoms with Gasteiger partial charge < -0.3 is 10.6 Å². The number of likely N-dealkylation sites (N-methyl/N-ethyl adjacent to an activating group) is 1. The van der Waals surface area contributed by atoms with E-state index < -0.39 is 4.92 Å². The highest BCUT2D eigenvalue weighted by atomic mass is 16.6. The van der Waals surface area contributed by atoms with Gasteiger partial charge in [0.2, 0.25) is 0 Å². The first-order chi connectivity index (χ1) is 9.47. The molecule has 20 heavy (non-hydrogen) atoms. The Morgan fingerprint density at radius 1 is 1.45 bits per heavy atom. The average Bonchev–Trinajstić information content (AvgIpc) is 2.51. The summed E-state index contributed by atoms with van der Waals surface area (Å²) in [6.07, 6.45) is 1.14. The molecule has 0 radical (unpaired) electrons. The van der Waals surface area contributed by atoms with E-state index in [0.717, 1.165) is 38.2 Å². The van der Waals surface area contributed by atoms with Crippen LogP contribution in [0.15, 0.2) is 18.2 Å². The Morgan fingerprint density at radius 3 is 2.85 bits per heavy atom. The number of rotatable bonds is 3. The molecule has 0 bridgehead atoms. The van der Waals surface area contributed by atoms with Gasteiger partial charge in [0.15, 0.2) is 0 Å². The second-order valence-corrected chi connectivity index (χ2v) is 5.59. The number of nitro groups is 1. The number of hydrogen-bond acceptors (Lipinski definition) is 5. The first kappa shape index (κ1) is 14.7. The van der Waals surface area contributed by atoms with Gasteiger partial charge >= 0.3 is 0 Å². The first-order valence-corrected chi connectivity index (χ1v) is 6.92. The van der Waals surface area contributed by atoms with Crippen molar-refractivity contribution in [2.75, 3.05) is 32.4 Å². The van der Waals surface area contributed by atoms with E-state index in [2.05, 4.69) is 23.8 Å². The summed E-state index contributed by atoms with van der Waals surface area (Å²) in [4.78, 5) is 15.1. The van der Waals surface area contributed by atoms with Gasteiger partial charge in [-0.05, 0) is 38.6 Å². The van der Waals surface area contributed by atoms with E-state index >= 15 is 0 Å². The van der Waals surface area contributed by atoms with E-state index in [9.17, 15) is 10.1 Å². The lowest BCUT2D eigenvalue weighted by molar-refractivity contribution is -0.383. The van der Waals surface area contributed by atoms with E-state index in [1.807, 2.05) is 0 Å². The van der Waals surface area contributed by atoms with E-state index in [0.29, 0.717) is 6.04 Å². The van der Waals surface area contributed by atoms with Crippen LogP contribution in [0, 0.1) is 10.1 Å². The Balaban J connectivity index is 2.09. The molecule has 1 aliphatic heterocycles. The van der Waals surface area contributed by atoms with Crippen molar-refractivity contribution in [3.8, 4) is 0 Å². The third-order valence-electron chi connectivity index (χ3n) is 3.86. The highest BCUT2D eigenvalue weighted by Gasteiger charge is 2.20. The van der Waals surface area contributed by atoms with Gasteiger partial charge in [0, 0.05) is 31.7 Å². The van der Waals surface area contributed by atoms with Crippen molar-refractivity contribution in [3.63, 3.8) is 0 Å². The summed E-state index contributed by atoms with van der Waals surface area (Å²) >= 11 is 0. The van der Waals surface area contributed by atoms with Crippen LogP contribution >= 0.6 is 0 Å². The first-order valence-electron chi connectivity index (χ1n) is 6.92. The Bertz CT molecular complexity index is 492. The molecule has 0 aromatic heterocycles. The highest BCUT2D eigenvalue weighted by Crippen LogP contribution is 2.23. The molecule has 0 saturated carbocycles. The maximum Gasteiger partial charge on any atom is 0.292 e. The number of hydrogen-bond donors (Lipinski definition) is 1. The number of nitro benzene ring substituents is 1. The number of nitrogens with two attached hydrogens (primary N) is 1. The molecular formula is C14H22N4O2. The van der Waals surface area contributed by atoms with Crippen molar-refractivity contribution in [3.05, 3.63) is 33.9 Å². The zero-order valence-corrected chi connectivity index (χ0v) is 12.1. The fourth-order valence-electron chi connectivity index (χ4n) is 2.76. The SMILES string of the molecule is CC1CN(C)CCCN1Cc1ccc([N+](=O)[O-])c(N)c1. The summed E-state index contributed by atoms with van der Waals surface area (Å²) in [6, 6.07) is 5.49. The fourth-order valence-corrected chi connectivity index (χ4v) is 2.76. The van der Waals surface area contributed by atoms with Crippen LogP contribution in [0.5, 0.6) is 0 Å². The van der Waals surface area contributed by atoms with Crippen LogP contribution in [0.25, 0.3) is 0 Å². The van der Waals surface area contributed by atoms with Gasteiger partial charge in [-0.1, -0.05) is 6.07 Å². The summed E-state index contributed by atoms with van der Waals surface area (Å²) < 4.78 is 0. The van der Waals surface area contributed by atoms with Gasteiger partial charge in [0.1, 0.15) is 5.69 Å². The predicted octanol–water partition coefficient (Wildman–Crippen LogP) is 1.70. The largest absolute Gasteiger partial charge is 0.393 e. The summed E-state index contributed by atoms with van der Waals surface area (Å²) in [6.45, 7) is 6.21. The van der Waals surface area contributed by atoms with Crippen LogP contribution in [0.1, 0.15) is 18.9 Å². The fraction of sp³-hybridized carbons (Fsp3) is 0.571. The van der Waals surface area contributed by atoms with Crippen LogP contribution in [-0.4, -0.2) is 47.4 Å². The molecule has 2 rings (SSSR count). The third-order valence-corrected chi connectivity index (χ3v) is 3.86. The van der Waals surface area contributed by atoms with Gasteiger partial charge in [-0.25, -0.2) is 0 Å². The van der Waals surface area contributed by atoms with E-state index in [1.54, 1.807) is 12.1 Å². The van der Waals surface area contributed by atoms with E-state index in [4.69, 9.17) is 5.73 Å². The predicted molar refractivity (Wildman–Crippen MR) is 79.5 cm³/mol. The average molecular weight is 278 g/mol. The minimum atomic E-state index is -0.442. The Morgan fingerprint density at radius 2 is 2.20 bits per heavy atom. The Kier molecular flexibility index (Phi) is 4.57. The molecule has 0 aliphatic carbocycles. The van der Waals surface area contributed by atoms with E-state index in [1.165, 1.54) is 6.07 Å². The van der Waals surface area contributed by atoms with Crippen molar-refractivity contribution in [1.82, 2.24) is 9.80 Å². The number of anilines is 1. The molecule has 1 atom stereocenters. The van der Waals surface area contributed by atoms with Crippen molar-refractivity contribution in [1.29, 1.82) is 0 Å². The zero-order chi connectivity index (χ0) is 14.7. The van der Waals surface area contributed by atoms with Gasteiger partial charge in [-0.2, -0.15) is 0 Å². The van der Waals surface area contributed by atoms with Crippen LogP contribution in [-0.2, 0) is 6.54 Å². The molecule has 0 amide bonds. The minimum Gasteiger partial charge on any atom is -0.393 e. The Hall–Kier alpha value is -1.66. The van der Waals surface area contributed by atoms with Gasteiger partial charge in [-0.15, -0.1) is 0 Å². The number of benzene rings is 1. The highest BCUT2D eigenvalue weighted by molar-refractivity contribution is 5.59. The molecule has 1 saturated heterocycles. The molecule has 0 spiro atoms. The minimum absolute atomic E-state index is 0.0163. The molecular weight excluding hydrogens is 256 g/mol. The molecule has 1 aliphatic rings. The standard InChI is InChI=1S/C14H22N4O2/c1-11-9-16(2)6-3-7-17(11)10-12-4-5-14(18(19)20)13(15)8-12/h4-5,8,11H,3,6-7,9-10,15H2,1-2H3. The summed E-state index contributed by atoms with van der Waals surface area (Å²) in [5.74, 6) is 0. The smallest absolute Gasteiger partial charge is 0.292 e. The molecule has 110 valence electrons. The zero-order valence-electron chi connectivity index (χ0n) is 12.1. The molecule has 1 heterocycles. The quantitative estimate of drug-likeness (QED) is 0.517. The van der Waals surface area contributed by atoms with Crippen molar-refractivity contribution >= 4 is 11.4 Å². The lowest BCUT2D eigenvalue weighted by Crippen LogP contribution is -2.37. The second kappa shape index (κ2) is 6.19. The Labute approximate surface area is 119 Å². The molecule has 6 heteroatoms. The van der Waals surface area contributed by atoms with Crippen molar-refractivity contribution in [2.45, 2.75) is 25.9 Å². The monoisotopic (exact) mass is 278 g/mol. The lowest BCUT2D eigenvalue weighted by Gasteiger charge is -2.27. The van der Waals surface area contributed by atoms with Crippen molar-refractivity contribution in [2.24, 2.45) is 0 Å². The molecule has 1 aromatic rings. The molecule has 1 fully saturated rings. The normalized spacial score (nSPS) is 21.6. The van der Waals surface area contributed by atoms with Crippen molar-refractivity contribution < 1.29 is 4.92 Å². The van der Waals surface area contributed by atoms with Gasteiger partial charge in [-0.3, -0.25) is 15.0 Å². The lowest BCUT2D eigenvalue weighted by atomic mass is 10.1. The molecule has 1 unspecified atom stereocenters.